The maximum Gasteiger partial charge on any atom is 0.254 e. The van der Waals surface area contributed by atoms with Gasteiger partial charge in [-0.3, -0.25) is 4.79 Å². The minimum Gasteiger partial charge on any atom is -0.493 e. The van der Waals surface area contributed by atoms with Gasteiger partial charge in [-0.25, -0.2) is 0 Å². The molecular weight excluding hydrogens is 364 g/mol. The van der Waals surface area contributed by atoms with Crippen LogP contribution in [0.5, 0.6) is 11.5 Å². The van der Waals surface area contributed by atoms with E-state index in [4.69, 9.17) is 9.47 Å². The first-order chi connectivity index (χ1) is 14.1. The molecule has 3 rings (SSSR count). The zero-order chi connectivity index (χ0) is 20.8. The second kappa shape index (κ2) is 9.50. The fraction of sp³-hybridized carbons (Fsp3) is 0.375. The van der Waals surface area contributed by atoms with Crippen molar-refractivity contribution in [3.8, 4) is 11.5 Å². The van der Waals surface area contributed by atoms with E-state index in [1.165, 1.54) is 18.5 Å². The Morgan fingerprint density at radius 1 is 1.14 bits per heavy atom. The predicted octanol–water partition coefficient (Wildman–Crippen LogP) is 4.30. The van der Waals surface area contributed by atoms with Crippen LogP contribution >= 0.6 is 0 Å². The molecule has 29 heavy (non-hydrogen) atoms. The Kier molecular flexibility index (Phi) is 6.81. The van der Waals surface area contributed by atoms with Crippen LogP contribution < -0.4 is 14.4 Å². The molecule has 0 unspecified atom stereocenters. The SMILES string of the molecule is C=CCc1cc(C(=O)N(C)Cc2ccccc2N2CCCC2)cc(OC)c1OC. The van der Waals surface area contributed by atoms with Gasteiger partial charge in [0.15, 0.2) is 11.5 Å². The average Bonchev–Trinajstić information content (AvgIpc) is 3.27. The van der Waals surface area contributed by atoms with Crippen molar-refractivity contribution in [1.82, 2.24) is 4.90 Å². The lowest BCUT2D eigenvalue weighted by atomic mass is 10.0. The summed E-state index contributed by atoms with van der Waals surface area (Å²) in [6.07, 6.45) is 4.84. The van der Waals surface area contributed by atoms with Crippen LogP contribution in [-0.4, -0.2) is 45.2 Å². The molecule has 1 fully saturated rings. The van der Waals surface area contributed by atoms with E-state index < -0.39 is 0 Å². The Labute approximate surface area is 173 Å². The van der Waals surface area contributed by atoms with E-state index in [0.29, 0.717) is 30.0 Å². The van der Waals surface area contributed by atoms with Crippen LogP contribution in [0.15, 0.2) is 49.1 Å². The summed E-state index contributed by atoms with van der Waals surface area (Å²) >= 11 is 0. The number of para-hydroxylation sites is 1. The third-order valence-corrected chi connectivity index (χ3v) is 5.36. The highest BCUT2D eigenvalue weighted by molar-refractivity contribution is 5.95. The quantitative estimate of drug-likeness (QED) is 0.626. The van der Waals surface area contributed by atoms with Crippen LogP contribution in [0.2, 0.25) is 0 Å². The van der Waals surface area contributed by atoms with Crippen LogP contribution in [0.3, 0.4) is 0 Å². The molecule has 1 aliphatic rings. The molecule has 0 saturated carbocycles. The van der Waals surface area contributed by atoms with Crippen molar-refractivity contribution >= 4 is 11.6 Å². The summed E-state index contributed by atoms with van der Waals surface area (Å²) in [7, 11) is 5.03. The largest absolute Gasteiger partial charge is 0.493 e. The molecule has 0 atom stereocenters. The van der Waals surface area contributed by atoms with E-state index in [9.17, 15) is 4.79 Å². The van der Waals surface area contributed by atoms with Crippen molar-refractivity contribution < 1.29 is 14.3 Å². The number of carbonyl (C=O) groups excluding carboxylic acids is 1. The van der Waals surface area contributed by atoms with Crippen molar-refractivity contribution in [3.05, 3.63) is 65.7 Å². The van der Waals surface area contributed by atoms with E-state index >= 15 is 0 Å². The summed E-state index contributed by atoms with van der Waals surface area (Å²) in [4.78, 5) is 17.4. The first-order valence-corrected chi connectivity index (χ1v) is 10.0. The predicted molar refractivity (Wildman–Crippen MR) is 117 cm³/mol. The number of rotatable bonds is 8. The molecular formula is C24H30N2O3. The lowest BCUT2D eigenvalue weighted by molar-refractivity contribution is 0.0784. The highest BCUT2D eigenvalue weighted by Gasteiger charge is 2.21. The molecule has 1 aliphatic heterocycles. The number of anilines is 1. The monoisotopic (exact) mass is 394 g/mol. The molecule has 0 aliphatic carbocycles. The maximum atomic E-state index is 13.2. The van der Waals surface area contributed by atoms with Crippen molar-refractivity contribution in [2.45, 2.75) is 25.8 Å². The Morgan fingerprint density at radius 2 is 1.86 bits per heavy atom. The molecule has 0 bridgehead atoms. The topological polar surface area (TPSA) is 42.0 Å². The number of amides is 1. The van der Waals surface area contributed by atoms with Crippen LogP contribution in [0.1, 0.15) is 34.3 Å². The summed E-state index contributed by atoms with van der Waals surface area (Å²) in [5.74, 6) is 1.15. The van der Waals surface area contributed by atoms with Crippen molar-refractivity contribution in [2.24, 2.45) is 0 Å². The van der Waals surface area contributed by atoms with E-state index in [-0.39, 0.29) is 5.91 Å². The molecule has 154 valence electrons. The van der Waals surface area contributed by atoms with Crippen molar-refractivity contribution in [3.63, 3.8) is 0 Å². The number of allylic oxidation sites excluding steroid dienone is 1. The van der Waals surface area contributed by atoms with Crippen molar-refractivity contribution in [1.29, 1.82) is 0 Å². The van der Waals surface area contributed by atoms with Gasteiger partial charge in [-0.2, -0.15) is 0 Å². The second-order valence-electron chi connectivity index (χ2n) is 7.35. The van der Waals surface area contributed by atoms with E-state index in [1.54, 1.807) is 31.3 Å². The fourth-order valence-corrected chi connectivity index (χ4v) is 3.93. The van der Waals surface area contributed by atoms with Gasteiger partial charge in [-0.15, -0.1) is 6.58 Å². The number of carbonyl (C=O) groups is 1. The number of hydrogen-bond acceptors (Lipinski definition) is 4. The molecule has 5 heteroatoms. The molecule has 2 aromatic carbocycles. The number of ether oxygens (including phenoxy) is 2. The Hall–Kier alpha value is -2.95. The normalized spacial score (nSPS) is 13.3. The third kappa shape index (κ3) is 4.56. The van der Waals surface area contributed by atoms with E-state index in [1.807, 2.05) is 19.2 Å². The standard InChI is InChI=1S/C24H30N2O3/c1-5-10-18-15-20(16-22(28-3)23(18)29-4)24(27)25(2)17-19-11-6-7-12-21(19)26-13-8-9-14-26/h5-7,11-12,15-16H,1,8-10,13-14,17H2,2-4H3. The minimum absolute atomic E-state index is 0.0486. The molecule has 1 amide bonds. The lowest BCUT2D eigenvalue weighted by Gasteiger charge is -2.25. The summed E-state index contributed by atoms with van der Waals surface area (Å²) in [6.45, 7) is 6.51. The molecule has 0 spiro atoms. The molecule has 1 saturated heterocycles. The van der Waals surface area contributed by atoms with Gasteiger partial charge in [-0.1, -0.05) is 24.3 Å². The first-order valence-electron chi connectivity index (χ1n) is 10.0. The minimum atomic E-state index is -0.0486. The van der Waals surface area contributed by atoms with Crippen LogP contribution in [0.25, 0.3) is 0 Å². The summed E-state index contributed by atoms with van der Waals surface area (Å²) in [6, 6.07) is 12.0. The molecule has 5 nitrogen and oxygen atoms in total. The van der Waals surface area contributed by atoms with Crippen LogP contribution in [0.4, 0.5) is 5.69 Å². The van der Waals surface area contributed by atoms with E-state index in [0.717, 1.165) is 24.2 Å². The smallest absolute Gasteiger partial charge is 0.254 e. The molecule has 0 N–H and O–H groups in total. The Morgan fingerprint density at radius 3 is 2.52 bits per heavy atom. The average molecular weight is 395 g/mol. The summed E-state index contributed by atoms with van der Waals surface area (Å²) < 4.78 is 10.9. The van der Waals surface area contributed by atoms with Crippen LogP contribution in [-0.2, 0) is 13.0 Å². The maximum absolute atomic E-state index is 13.2. The van der Waals surface area contributed by atoms with Crippen LogP contribution in [0, 0.1) is 0 Å². The highest BCUT2D eigenvalue weighted by atomic mass is 16.5. The van der Waals surface area contributed by atoms with Gasteiger partial charge in [-0.05, 0) is 43.0 Å². The van der Waals surface area contributed by atoms with Crippen molar-refractivity contribution in [2.75, 3.05) is 39.3 Å². The van der Waals surface area contributed by atoms with Gasteiger partial charge < -0.3 is 19.3 Å². The molecule has 0 radical (unpaired) electrons. The second-order valence-corrected chi connectivity index (χ2v) is 7.35. The molecule has 0 aromatic heterocycles. The highest BCUT2D eigenvalue weighted by Crippen LogP contribution is 2.34. The lowest BCUT2D eigenvalue weighted by Crippen LogP contribution is -2.28. The number of methoxy groups -OCH3 is 2. The van der Waals surface area contributed by atoms with Gasteiger partial charge in [0.1, 0.15) is 0 Å². The molecule has 2 aromatic rings. The molecule has 1 heterocycles. The van der Waals surface area contributed by atoms with Gasteiger partial charge >= 0.3 is 0 Å². The summed E-state index contributed by atoms with van der Waals surface area (Å²) in [5, 5.41) is 0. The van der Waals surface area contributed by atoms with Gasteiger partial charge in [0, 0.05) is 43.5 Å². The van der Waals surface area contributed by atoms with Gasteiger partial charge in [0.25, 0.3) is 5.91 Å². The Balaban J connectivity index is 1.86. The third-order valence-electron chi connectivity index (χ3n) is 5.36. The summed E-state index contributed by atoms with van der Waals surface area (Å²) in [5.41, 5.74) is 3.86. The number of benzene rings is 2. The zero-order valence-corrected chi connectivity index (χ0v) is 17.6. The van der Waals surface area contributed by atoms with Gasteiger partial charge in [0.05, 0.1) is 14.2 Å². The van der Waals surface area contributed by atoms with E-state index in [2.05, 4.69) is 29.7 Å². The number of hydrogen-bond donors (Lipinski definition) is 0. The zero-order valence-electron chi connectivity index (χ0n) is 17.6. The Bertz CT molecular complexity index is 872. The fourth-order valence-electron chi connectivity index (χ4n) is 3.93. The number of nitrogens with zero attached hydrogens (tertiary/aromatic N) is 2. The van der Waals surface area contributed by atoms with Gasteiger partial charge in [0.2, 0.25) is 0 Å². The first kappa shape index (κ1) is 20.8.